The van der Waals surface area contributed by atoms with Gasteiger partial charge in [-0.15, -0.1) is 0 Å². The second kappa shape index (κ2) is 11.8. The lowest BCUT2D eigenvalue weighted by atomic mass is 10.0. The molecule has 0 atom stereocenters. The molecular formula is C32H34N4O. The maximum Gasteiger partial charge on any atom is 0.122 e. The van der Waals surface area contributed by atoms with Crippen LogP contribution in [-0.2, 0) is 24.3 Å². The molecule has 0 fully saturated rings. The Labute approximate surface area is 218 Å². The first kappa shape index (κ1) is 24.7. The lowest BCUT2D eigenvalue weighted by molar-refractivity contribution is 0.137. The van der Waals surface area contributed by atoms with Crippen molar-refractivity contribution in [2.24, 2.45) is 5.16 Å². The molecule has 0 saturated carbocycles. The van der Waals surface area contributed by atoms with Crippen LogP contribution in [0.15, 0.2) is 96.3 Å². The summed E-state index contributed by atoms with van der Waals surface area (Å²) in [4.78, 5) is 10.3. The van der Waals surface area contributed by atoms with Crippen LogP contribution in [0.2, 0.25) is 0 Å². The van der Waals surface area contributed by atoms with Crippen molar-refractivity contribution >= 4 is 21.8 Å². The summed E-state index contributed by atoms with van der Waals surface area (Å²) < 4.78 is 2.46. The molecule has 0 spiro atoms. The van der Waals surface area contributed by atoms with Crippen molar-refractivity contribution in [3.8, 4) is 0 Å². The Morgan fingerprint density at radius 1 is 0.865 bits per heavy atom. The quantitative estimate of drug-likeness (QED) is 0.147. The Kier molecular flexibility index (Phi) is 7.92. The third kappa shape index (κ3) is 5.73. The normalized spacial score (nSPS) is 11.9. The molecule has 0 radical (unpaired) electrons. The molecule has 2 heterocycles. The van der Waals surface area contributed by atoms with Crippen LogP contribution >= 0.6 is 0 Å². The van der Waals surface area contributed by atoms with Gasteiger partial charge in [-0.05, 0) is 61.7 Å². The van der Waals surface area contributed by atoms with E-state index in [4.69, 9.17) is 4.84 Å². The number of fused-ring (bicyclic) bond motifs is 2. The monoisotopic (exact) mass is 490 g/mol. The summed E-state index contributed by atoms with van der Waals surface area (Å²) in [6.45, 7) is 7.63. The lowest BCUT2D eigenvalue weighted by Crippen LogP contribution is -2.19. The van der Waals surface area contributed by atoms with Gasteiger partial charge in [0.1, 0.15) is 12.0 Å². The van der Waals surface area contributed by atoms with Crippen molar-refractivity contribution in [1.29, 1.82) is 0 Å². The Bertz CT molecular complexity index is 1540. The van der Waals surface area contributed by atoms with Gasteiger partial charge in [0.05, 0.1) is 11.0 Å². The number of hydrogen-bond donors (Lipinski definition) is 1. The lowest BCUT2D eigenvalue weighted by Gasteiger charge is -2.19. The molecule has 5 aromatic rings. The summed E-state index contributed by atoms with van der Waals surface area (Å²) in [6.07, 6.45) is 3.56. The van der Waals surface area contributed by atoms with Crippen LogP contribution < -0.4 is 10.7 Å². The van der Waals surface area contributed by atoms with Crippen LogP contribution in [0.1, 0.15) is 28.8 Å². The maximum atomic E-state index is 5.87. The van der Waals surface area contributed by atoms with Gasteiger partial charge < -0.3 is 14.7 Å². The molecule has 0 amide bonds. The molecule has 0 unspecified atom stereocenters. The Balaban J connectivity index is 1.44. The van der Waals surface area contributed by atoms with Crippen LogP contribution in [0.5, 0.6) is 0 Å². The first-order chi connectivity index (χ1) is 18.2. The number of para-hydroxylation sites is 1. The standard InChI is InChI=1S/C32H34N4O/c1-24-16-17-29-31(35-37-22-18-27-13-8-9-20-34-27)28-14-6-7-15-30(28)36(32(29)25(24)2)21-10-19-33-23-26-11-4-3-5-12-26/h3-9,11-17,20,33H,10,18-19,21-23H2,1-2H3. The molecule has 0 aliphatic rings. The first-order valence-electron chi connectivity index (χ1n) is 13.0. The van der Waals surface area contributed by atoms with Gasteiger partial charge in [0, 0.05) is 42.2 Å². The topological polar surface area (TPSA) is 51.4 Å². The van der Waals surface area contributed by atoms with Gasteiger partial charge in [-0.2, -0.15) is 0 Å². The molecule has 5 nitrogen and oxygen atoms in total. The maximum absolute atomic E-state index is 5.87. The molecule has 37 heavy (non-hydrogen) atoms. The zero-order valence-corrected chi connectivity index (χ0v) is 21.7. The predicted octanol–water partition coefficient (Wildman–Crippen LogP) is 6.06. The number of aryl methyl sites for hydroxylation is 3. The minimum Gasteiger partial charge on any atom is -0.395 e. The zero-order valence-electron chi connectivity index (χ0n) is 21.7. The fourth-order valence-electron chi connectivity index (χ4n) is 4.84. The summed E-state index contributed by atoms with van der Waals surface area (Å²) in [5.41, 5.74) is 7.29. The van der Waals surface area contributed by atoms with Crippen LogP contribution in [0.3, 0.4) is 0 Å². The highest BCUT2D eigenvalue weighted by Gasteiger charge is 2.13. The average Bonchev–Trinajstić information content (AvgIpc) is 2.94. The predicted molar refractivity (Wildman–Crippen MR) is 151 cm³/mol. The van der Waals surface area contributed by atoms with E-state index in [-0.39, 0.29) is 0 Å². The third-order valence-electron chi connectivity index (χ3n) is 6.92. The Morgan fingerprint density at radius 3 is 2.51 bits per heavy atom. The van der Waals surface area contributed by atoms with Gasteiger partial charge in [0.15, 0.2) is 0 Å². The molecule has 2 aromatic heterocycles. The minimum absolute atomic E-state index is 0.486. The Morgan fingerprint density at radius 2 is 1.68 bits per heavy atom. The zero-order chi connectivity index (χ0) is 25.5. The SMILES string of the molecule is Cc1ccc2c(=NOCCc3ccccn3)c3ccccc3n(CCCNCc3ccccc3)c2c1C. The summed E-state index contributed by atoms with van der Waals surface area (Å²) in [6, 6.07) is 29.4. The summed E-state index contributed by atoms with van der Waals surface area (Å²) in [7, 11) is 0. The molecule has 5 heteroatoms. The van der Waals surface area contributed by atoms with Crippen LogP contribution in [0, 0.1) is 13.8 Å². The highest BCUT2D eigenvalue weighted by atomic mass is 16.6. The van der Waals surface area contributed by atoms with Crippen LogP contribution in [0.4, 0.5) is 0 Å². The molecule has 0 aliphatic carbocycles. The van der Waals surface area contributed by atoms with Crippen molar-refractivity contribution in [2.45, 2.75) is 39.8 Å². The molecule has 1 N–H and O–H groups in total. The molecule has 188 valence electrons. The largest absolute Gasteiger partial charge is 0.395 e. The summed E-state index contributed by atoms with van der Waals surface area (Å²) in [5, 5.41) is 11.4. The van der Waals surface area contributed by atoms with Crippen molar-refractivity contribution in [1.82, 2.24) is 14.9 Å². The van der Waals surface area contributed by atoms with E-state index in [1.54, 1.807) is 0 Å². The van der Waals surface area contributed by atoms with Crippen LogP contribution in [-0.4, -0.2) is 22.7 Å². The third-order valence-corrected chi connectivity index (χ3v) is 6.92. The minimum atomic E-state index is 0.486. The molecule has 5 rings (SSSR count). The van der Waals surface area contributed by atoms with E-state index in [2.05, 4.69) is 101 Å². The fourth-order valence-corrected chi connectivity index (χ4v) is 4.84. The number of rotatable bonds is 10. The number of aromatic nitrogens is 2. The van der Waals surface area contributed by atoms with E-state index in [9.17, 15) is 0 Å². The molecular weight excluding hydrogens is 456 g/mol. The van der Waals surface area contributed by atoms with Gasteiger partial charge in [0.25, 0.3) is 0 Å². The smallest absolute Gasteiger partial charge is 0.122 e. The number of pyridine rings is 2. The molecule has 0 bridgehead atoms. The second-order valence-electron chi connectivity index (χ2n) is 9.43. The second-order valence-corrected chi connectivity index (χ2v) is 9.43. The van der Waals surface area contributed by atoms with E-state index >= 15 is 0 Å². The molecule has 0 aliphatic heterocycles. The average molecular weight is 491 g/mol. The van der Waals surface area contributed by atoms with Crippen molar-refractivity contribution in [3.05, 3.63) is 119 Å². The number of benzene rings is 3. The van der Waals surface area contributed by atoms with E-state index in [1.165, 1.54) is 27.7 Å². The van der Waals surface area contributed by atoms with E-state index in [0.717, 1.165) is 54.3 Å². The van der Waals surface area contributed by atoms with Crippen molar-refractivity contribution < 1.29 is 4.84 Å². The van der Waals surface area contributed by atoms with E-state index in [0.29, 0.717) is 6.61 Å². The van der Waals surface area contributed by atoms with Gasteiger partial charge in [-0.3, -0.25) is 4.98 Å². The fraction of sp³-hybridized carbons (Fsp3) is 0.250. The highest BCUT2D eigenvalue weighted by molar-refractivity contribution is 5.95. The van der Waals surface area contributed by atoms with Gasteiger partial charge in [-0.1, -0.05) is 71.9 Å². The molecule has 0 saturated heterocycles. The summed E-state index contributed by atoms with van der Waals surface area (Å²) >= 11 is 0. The Hall–Kier alpha value is -3.96. The van der Waals surface area contributed by atoms with Crippen molar-refractivity contribution in [3.63, 3.8) is 0 Å². The van der Waals surface area contributed by atoms with Crippen molar-refractivity contribution in [2.75, 3.05) is 13.2 Å². The van der Waals surface area contributed by atoms with E-state index in [1.807, 2.05) is 24.4 Å². The van der Waals surface area contributed by atoms with Gasteiger partial charge in [-0.25, -0.2) is 0 Å². The first-order valence-corrected chi connectivity index (χ1v) is 13.0. The number of nitrogens with one attached hydrogen (secondary N) is 1. The van der Waals surface area contributed by atoms with Crippen LogP contribution in [0.25, 0.3) is 21.8 Å². The number of hydrogen-bond acceptors (Lipinski definition) is 4. The number of nitrogens with zero attached hydrogens (tertiary/aromatic N) is 3. The summed E-state index contributed by atoms with van der Waals surface area (Å²) in [5.74, 6) is 0. The van der Waals surface area contributed by atoms with E-state index < -0.39 is 0 Å². The van der Waals surface area contributed by atoms with Gasteiger partial charge >= 0.3 is 0 Å². The van der Waals surface area contributed by atoms with Gasteiger partial charge in [0.2, 0.25) is 0 Å². The highest BCUT2D eigenvalue weighted by Crippen LogP contribution is 2.25. The molecule has 3 aromatic carbocycles.